The first-order valence-electron chi connectivity index (χ1n) is 5.86. The fourth-order valence-electron chi connectivity index (χ4n) is 1.67. The molecular weight excluding hydrogens is 204 g/mol. The number of primary amides is 1. The number of carbonyl (C=O) groups excluding carboxylic acids is 1. The molecule has 0 bridgehead atoms. The molecule has 16 heavy (non-hydrogen) atoms. The molecule has 0 saturated heterocycles. The number of aromatic nitrogens is 3. The quantitative estimate of drug-likeness (QED) is 0.716. The SMILES string of the molecule is CCCCCCCn1nnc(C(N)=O)c1C. The largest absolute Gasteiger partial charge is 0.364 e. The van der Waals surface area contributed by atoms with E-state index in [1.54, 1.807) is 4.68 Å². The number of hydrogen-bond acceptors (Lipinski definition) is 3. The maximum atomic E-state index is 11.0. The summed E-state index contributed by atoms with van der Waals surface area (Å²) in [6.45, 7) is 4.84. The lowest BCUT2D eigenvalue weighted by atomic mass is 10.1. The highest BCUT2D eigenvalue weighted by atomic mass is 16.1. The van der Waals surface area contributed by atoms with Gasteiger partial charge in [-0.1, -0.05) is 37.8 Å². The third kappa shape index (κ3) is 3.32. The van der Waals surface area contributed by atoms with Gasteiger partial charge in [-0.05, 0) is 13.3 Å². The lowest BCUT2D eigenvalue weighted by Gasteiger charge is -2.02. The number of aryl methyl sites for hydroxylation is 1. The Hall–Kier alpha value is -1.39. The number of unbranched alkanes of at least 4 members (excludes halogenated alkanes) is 4. The summed E-state index contributed by atoms with van der Waals surface area (Å²) in [6, 6.07) is 0. The van der Waals surface area contributed by atoms with Crippen LogP contribution in [-0.4, -0.2) is 20.9 Å². The van der Waals surface area contributed by atoms with Gasteiger partial charge in [-0.15, -0.1) is 5.10 Å². The molecule has 0 spiro atoms. The number of hydrogen-bond donors (Lipinski definition) is 1. The molecule has 0 aromatic carbocycles. The fraction of sp³-hybridized carbons (Fsp3) is 0.727. The number of nitrogens with two attached hydrogens (primary N) is 1. The molecule has 0 fully saturated rings. The molecule has 2 N–H and O–H groups in total. The highest BCUT2D eigenvalue weighted by Gasteiger charge is 2.12. The average Bonchev–Trinajstić information content (AvgIpc) is 2.60. The van der Waals surface area contributed by atoms with Gasteiger partial charge in [0.1, 0.15) is 0 Å². The highest BCUT2D eigenvalue weighted by Crippen LogP contribution is 2.07. The Labute approximate surface area is 96.0 Å². The van der Waals surface area contributed by atoms with E-state index < -0.39 is 5.91 Å². The Balaban J connectivity index is 2.40. The summed E-state index contributed by atoms with van der Waals surface area (Å²) in [6.07, 6.45) is 6.05. The first-order valence-corrected chi connectivity index (χ1v) is 5.86. The van der Waals surface area contributed by atoms with E-state index in [0.717, 1.165) is 18.7 Å². The molecule has 0 aliphatic carbocycles. The van der Waals surface area contributed by atoms with E-state index in [1.807, 2.05) is 6.92 Å². The topological polar surface area (TPSA) is 73.8 Å². The van der Waals surface area contributed by atoms with Crippen LogP contribution in [0.15, 0.2) is 0 Å². The smallest absolute Gasteiger partial charge is 0.271 e. The van der Waals surface area contributed by atoms with Crippen LogP contribution in [0.1, 0.15) is 55.2 Å². The van der Waals surface area contributed by atoms with E-state index >= 15 is 0 Å². The van der Waals surface area contributed by atoms with Crippen LogP contribution in [0.3, 0.4) is 0 Å². The summed E-state index contributed by atoms with van der Waals surface area (Å²) >= 11 is 0. The first-order chi connectivity index (χ1) is 7.66. The minimum Gasteiger partial charge on any atom is -0.364 e. The molecule has 0 radical (unpaired) electrons. The Kier molecular flexibility index (Phi) is 4.95. The Morgan fingerprint density at radius 3 is 2.56 bits per heavy atom. The maximum Gasteiger partial charge on any atom is 0.271 e. The molecule has 0 aliphatic rings. The summed E-state index contributed by atoms with van der Waals surface area (Å²) in [5.74, 6) is -0.505. The molecule has 5 heteroatoms. The lowest BCUT2D eigenvalue weighted by Crippen LogP contribution is -2.13. The standard InChI is InChI=1S/C11H20N4O/c1-3-4-5-6-7-8-15-9(2)10(11(12)16)13-14-15/h3-8H2,1-2H3,(H2,12,16). The van der Waals surface area contributed by atoms with Gasteiger partial charge in [-0.25, -0.2) is 4.68 Å². The molecule has 0 unspecified atom stereocenters. The number of nitrogens with zero attached hydrogens (tertiary/aromatic N) is 3. The molecule has 1 rings (SSSR count). The Bertz CT molecular complexity index is 346. The van der Waals surface area contributed by atoms with Crippen molar-refractivity contribution in [3.05, 3.63) is 11.4 Å². The van der Waals surface area contributed by atoms with Crippen molar-refractivity contribution in [2.45, 2.75) is 52.5 Å². The second kappa shape index (κ2) is 6.25. The van der Waals surface area contributed by atoms with E-state index in [-0.39, 0.29) is 5.69 Å². The average molecular weight is 224 g/mol. The summed E-state index contributed by atoms with van der Waals surface area (Å²) < 4.78 is 1.76. The number of rotatable bonds is 7. The van der Waals surface area contributed by atoms with Gasteiger partial charge in [0.05, 0.1) is 5.69 Å². The second-order valence-corrected chi connectivity index (χ2v) is 4.03. The van der Waals surface area contributed by atoms with E-state index in [0.29, 0.717) is 0 Å². The second-order valence-electron chi connectivity index (χ2n) is 4.03. The molecule has 90 valence electrons. The normalized spacial score (nSPS) is 10.6. The summed E-state index contributed by atoms with van der Waals surface area (Å²) in [5, 5.41) is 7.69. The zero-order valence-electron chi connectivity index (χ0n) is 10.1. The third-order valence-electron chi connectivity index (χ3n) is 2.69. The first kappa shape index (κ1) is 12.7. The zero-order chi connectivity index (χ0) is 12.0. The van der Waals surface area contributed by atoms with E-state index in [4.69, 9.17) is 5.73 Å². The van der Waals surface area contributed by atoms with E-state index in [1.165, 1.54) is 25.7 Å². The zero-order valence-corrected chi connectivity index (χ0v) is 10.1. The van der Waals surface area contributed by atoms with Crippen LogP contribution in [-0.2, 0) is 6.54 Å². The molecule has 0 aliphatic heterocycles. The summed E-state index contributed by atoms with van der Waals surface area (Å²) in [7, 11) is 0. The van der Waals surface area contributed by atoms with Gasteiger partial charge in [0.2, 0.25) is 0 Å². The van der Waals surface area contributed by atoms with Crippen molar-refractivity contribution in [3.63, 3.8) is 0 Å². The maximum absolute atomic E-state index is 11.0. The molecule has 1 aromatic rings. The van der Waals surface area contributed by atoms with Gasteiger partial charge < -0.3 is 5.73 Å². The van der Waals surface area contributed by atoms with Crippen LogP contribution < -0.4 is 5.73 Å². The van der Waals surface area contributed by atoms with Crippen molar-refractivity contribution in [2.24, 2.45) is 5.73 Å². The van der Waals surface area contributed by atoms with Gasteiger partial charge in [0.15, 0.2) is 5.69 Å². The van der Waals surface area contributed by atoms with Gasteiger partial charge in [-0.2, -0.15) is 0 Å². The molecular formula is C11H20N4O. The van der Waals surface area contributed by atoms with Gasteiger partial charge in [0.25, 0.3) is 5.91 Å². The Morgan fingerprint density at radius 1 is 1.31 bits per heavy atom. The summed E-state index contributed by atoms with van der Waals surface area (Å²) in [4.78, 5) is 11.0. The van der Waals surface area contributed by atoms with Crippen LogP contribution in [0.4, 0.5) is 0 Å². The fourth-order valence-corrected chi connectivity index (χ4v) is 1.67. The number of amides is 1. The third-order valence-corrected chi connectivity index (χ3v) is 2.69. The van der Waals surface area contributed by atoms with Crippen molar-refractivity contribution < 1.29 is 4.79 Å². The van der Waals surface area contributed by atoms with Crippen molar-refractivity contribution in [2.75, 3.05) is 0 Å². The van der Waals surface area contributed by atoms with Crippen molar-refractivity contribution in [3.8, 4) is 0 Å². The molecule has 1 heterocycles. The van der Waals surface area contributed by atoms with Crippen LogP contribution in [0.2, 0.25) is 0 Å². The predicted octanol–water partition coefficient (Wildman–Crippen LogP) is 1.66. The van der Waals surface area contributed by atoms with Crippen LogP contribution in [0.25, 0.3) is 0 Å². The monoisotopic (exact) mass is 224 g/mol. The van der Waals surface area contributed by atoms with Crippen LogP contribution in [0, 0.1) is 6.92 Å². The molecule has 1 aromatic heterocycles. The molecule has 0 atom stereocenters. The predicted molar refractivity (Wildman–Crippen MR) is 62.0 cm³/mol. The minimum atomic E-state index is -0.505. The van der Waals surface area contributed by atoms with Crippen LogP contribution >= 0.6 is 0 Å². The Morgan fingerprint density at radius 2 is 2.00 bits per heavy atom. The van der Waals surface area contributed by atoms with Crippen molar-refractivity contribution in [1.82, 2.24) is 15.0 Å². The molecule has 0 saturated carbocycles. The minimum absolute atomic E-state index is 0.286. The highest BCUT2D eigenvalue weighted by molar-refractivity contribution is 5.91. The van der Waals surface area contributed by atoms with Crippen LogP contribution in [0.5, 0.6) is 0 Å². The number of carbonyl (C=O) groups is 1. The van der Waals surface area contributed by atoms with E-state index in [9.17, 15) is 4.79 Å². The lowest BCUT2D eigenvalue weighted by molar-refractivity contribution is 0.0995. The molecule has 1 amide bonds. The van der Waals surface area contributed by atoms with Gasteiger partial charge in [0, 0.05) is 6.54 Å². The van der Waals surface area contributed by atoms with Crippen molar-refractivity contribution >= 4 is 5.91 Å². The van der Waals surface area contributed by atoms with Gasteiger partial charge >= 0.3 is 0 Å². The molecule has 5 nitrogen and oxygen atoms in total. The summed E-state index contributed by atoms with van der Waals surface area (Å²) in [5.41, 5.74) is 6.22. The van der Waals surface area contributed by atoms with Gasteiger partial charge in [-0.3, -0.25) is 4.79 Å². The van der Waals surface area contributed by atoms with E-state index in [2.05, 4.69) is 17.2 Å². The van der Waals surface area contributed by atoms with Crippen molar-refractivity contribution in [1.29, 1.82) is 0 Å².